The van der Waals surface area contributed by atoms with Crippen LogP contribution in [0.25, 0.3) is 0 Å². The topological polar surface area (TPSA) is 105 Å². The van der Waals surface area contributed by atoms with Crippen molar-refractivity contribution in [2.75, 3.05) is 40.9 Å². The van der Waals surface area contributed by atoms with Crippen molar-refractivity contribution in [1.29, 1.82) is 0 Å². The van der Waals surface area contributed by atoms with Crippen LogP contribution in [0.15, 0.2) is 85.1 Å². The smallest absolute Gasteiger partial charge is 0.387 e. The van der Waals surface area contributed by atoms with Gasteiger partial charge in [0.05, 0.1) is 39.9 Å². The van der Waals surface area contributed by atoms with Crippen LogP contribution in [0.5, 0.6) is 0 Å². The third kappa shape index (κ3) is 45.5. The molecular weight excluding hydrogens is 780 g/mol. The number of nitrogens with zero attached hydrogens (tertiary/aromatic N) is 1. The zero-order chi connectivity index (χ0) is 45.0. The van der Waals surface area contributed by atoms with Crippen molar-refractivity contribution in [3.8, 4) is 0 Å². The summed E-state index contributed by atoms with van der Waals surface area (Å²) >= 11 is 0. The Balaban J connectivity index is 4.11. The third-order valence-corrected chi connectivity index (χ3v) is 11.3. The minimum atomic E-state index is -4.35. The van der Waals surface area contributed by atoms with Crippen LogP contribution < -0.4 is 5.32 Å². The first kappa shape index (κ1) is 58.7. The van der Waals surface area contributed by atoms with Gasteiger partial charge in [-0.05, 0) is 77.0 Å². The Morgan fingerprint density at radius 1 is 0.557 bits per heavy atom. The van der Waals surface area contributed by atoms with Gasteiger partial charge < -0.3 is 19.8 Å². The van der Waals surface area contributed by atoms with Crippen molar-refractivity contribution in [3.05, 3.63) is 85.1 Å². The summed E-state index contributed by atoms with van der Waals surface area (Å²) < 4.78 is 23.5. The second kappa shape index (κ2) is 43.0. The molecule has 0 spiro atoms. The van der Waals surface area contributed by atoms with Crippen molar-refractivity contribution in [2.24, 2.45) is 0 Å². The molecule has 0 radical (unpaired) electrons. The maximum Gasteiger partial charge on any atom is 0.472 e. The Kier molecular flexibility index (Phi) is 41.3. The highest BCUT2D eigenvalue weighted by Crippen LogP contribution is 2.43. The minimum Gasteiger partial charge on any atom is -0.387 e. The van der Waals surface area contributed by atoms with Crippen LogP contribution >= 0.6 is 7.82 Å². The lowest BCUT2D eigenvalue weighted by molar-refractivity contribution is -0.870. The molecule has 0 aliphatic heterocycles. The van der Waals surface area contributed by atoms with E-state index in [0.717, 1.165) is 77.0 Å². The zero-order valence-corrected chi connectivity index (χ0v) is 40.8. The highest BCUT2D eigenvalue weighted by Gasteiger charge is 2.27. The van der Waals surface area contributed by atoms with E-state index in [1.54, 1.807) is 6.08 Å². The second-order valence-electron chi connectivity index (χ2n) is 17.4. The minimum absolute atomic E-state index is 0.0504. The van der Waals surface area contributed by atoms with Gasteiger partial charge in [-0.25, -0.2) is 4.57 Å². The molecule has 0 heterocycles. The molecule has 0 aromatic heterocycles. The SMILES string of the molecule is CC/C=C\C/C=C\C/C=C\C/C=C\CCCCCCCCCCCCCCCCCCC(=O)NC(COP(=O)(O)OCC[N+](C)(C)C)C(O)/C=C/CC/C=C/CC/C=C/CC. The lowest BCUT2D eigenvalue weighted by Crippen LogP contribution is -2.45. The molecule has 61 heavy (non-hydrogen) atoms. The Morgan fingerprint density at radius 2 is 0.951 bits per heavy atom. The highest BCUT2D eigenvalue weighted by molar-refractivity contribution is 7.47. The number of hydrogen-bond acceptors (Lipinski definition) is 5. The summed E-state index contributed by atoms with van der Waals surface area (Å²) in [5, 5.41) is 13.8. The average Bonchev–Trinajstić information content (AvgIpc) is 3.21. The molecular formula is C52H94N2O6P+. The van der Waals surface area contributed by atoms with E-state index >= 15 is 0 Å². The summed E-state index contributed by atoms with van der Waals surface area (Å²) in [6, 6.07) is -0.871. The number of carbonyl (C=O) groups excluding carboxylic acids is 1. The Labute approximate surface area is 376 Å². The summed E-state index contributed by atoms with van der Waals surface area (Å²) in [6.07, 6.45) is 59.8. The largest absolute Gasteiger partial charge is 0.472 e. The highest BCUT2D eigenvalue weighted by atomic mass is 31.2. The summed E-state index contributed by atoms with van der Waals surface area (Å²) in [7, 11) is 1.53. The maximum atomic E-state index is 12.9. The monoisotopic (exact) mass is 874 g/mol. The third-order valence-electron chi connectivity index (χ3n) is 10.3. The Morgan fingerprint density at radius 3 is 1.44 bits per heavy atom. The van der Waals surface area contributed by atoms with Gasteiger partial charge in [0, 0.05) is 6.42 Å². The quantitative estimate of drug-likeness (QED) is 0.0244. The van der Waals surface area contributed by atoms with Gasteiger partial charge in [-0.15, -0.1) is 0 Å². The van der Waals surface area contributed by atoms with Crippen LogP contribution in [-0.4, -0.2) is 73.4 Å². The van der Waals surface area contributed by atoms with Crippen LogP contribution in [0, 0.1) is 0 Å². The predicted molar refractivity (Wildman–Crippen MR) is 263 cm³/mol. The average molecular weight is 874 g/mol. The lowest BCUT2D eigenvalue weighted by atomic mass is 10.0. The van der Waals surface area contributed by atoms with E-state index in [1.165, 1.54) is 89.9 Å². The van der Waals surface area contributed by atoms with Crippen molar-refractivity contribution < 1.29 is 32.9 Å². The first-order chi connectivity index (χ1) is 29.5. The van der Waals surface area contributed by atoms with Gasteiger partial charge in [-0.1, -0.05) is 189 Å². The molecule has 352 valence electrons. The molecule has 8 nitrogen and oxygen atoms in total. The molecule has 0 aliphatic carbocycles. The fourth-order valence-electron chi connectivity index (χ4n) is 6.54. The van der Waals surface area contributed by atoms with Gasteiger partial charge in [0.1, 0.15) is 13.2 Å². The number of allylic oxidation sites excluding steroid dienone is 13. The molecule has 3 unspecified atom stereocenters. The molecule has 0 rings (SSSR count). The van der Waals surface area contributed by atoms with Crippen LogP contribution in [0.4, 0.5) is 0 Å². The number of aliphatic hydroxyl groups is 1. The molecule has 0 aliphatic rings. The van der Waals surface area contributed by atoms with E-state index in [0.29, 0.717) is 17.4 Å². The molecule has 9 heteroatoms. The summed E-state index contributed by atoms with van der Waals surface area (Å²) in [5.41, 5.74) is 0. The predicted octanol–water partition coefficient (Wildman–Crippen LogP) is 14.1. The molecule has 0 saturated carbocycles. The van der Waals surface area contributed by atoms with Crippen molar-refractivity contribution in [3.63, 3.8) is 0 Å². The molecule has 3 atom stereocenters. The van der Waals surface area contributed by atoms with E-state index < -0.39 is 20.0 Å². The first-order valence-corrected chi connectivity index (χ1v) is 26.0. The number of phosphoric acid groups is 1. The summed E-state index contributed by atoms with van der Waals surface area (Å²) in [5.74, 6) is -0.197. The standard InChI is InChI=1S/C52H93N2O6P/c1-6-8-10-12-14-16-18-19-20-21-22-23-24-25-26-27-28-29-30-31-32-33-34-35-36-38-40-42-44-46-52(56)53-50(49-60-61(57,58)59-48-47-54(3,4)5)51(55)45-43-41-39-37-17-15-13-11-9-7-2/h8-11,14,16-17,19-20,22-23,37,43,45,50-51,55H,6-7,12-13,15,18,21,24-36,38-42,44,46-49H2,1-5H3,(H-,53,56,57,58)/p+1/b10-8-,11-9+,16-14-,20-19-,23-22-,37-17+,45-43+. The summed E-state index contributed by atoms with van der Waals surface area (Å²) in [6.45, 7) is 4.53. The molecule has 0 aromatic rings. The number of rotatable bonds is 43. The van der Waals surface area contributed by atoms with E-state index in [9.17, 15) is 19.4 Å². The normalized spacial score (nSPS) is 14.9. The maximum absolute atomic E-state index is 12.9. The number of aliphatic hydroxyl groups excluding tert-OH is 1. The van der Waals surface area contributed by atoms with Crippen LogP contribution in [-0.2, 0) is 18.4 Å². The number of likely N-dealkylation sites (N-methyl/N-ethyl adjacent to an activating group) is 1. The molecule has 1 amide bonds. The molecule has 0 aromatic carbocycles. The number of nitrogens with one attached hydrogen (secondary N) is 1. The zero-order valence-electron chi connectivity index (χ0n) is 39.9. The Bertz CT molecular complexity index is 1260. The van der Waals surface area contributed by atoms with Crippen molar-refractivity contribution in [2.45, 2.75) is 199 Å². The van der Waals surface area contributed by atoms with Crippen molar-refractivity contribution >= 4 is 13.7 Å². The van der Waals surface area contributed by atoms with Gasteiger partial charge in [-0.3, -0.25) is 13.8 Å². The van der Waals surface area contributed by atoms with E-state index in [4.69, 9.17) is 9.05 Å². The van der Waals surface area contributed by atoms with E-state index in [1.807, 2.05) is 27.2 Å². The lowest BCUT2D eigenvalue weighted by Gasteiger charge is -2.25. The van der Waals surface area contributed by atoms with Gasteiger partial charge in [0.2, 0.25) is 5.91 Å². The number of quaternary nitrogens is 1. The van der Waals surface area contributed by atoms with Gasteiger partial charge in [-0.2, -0.15) is 0 Å². The van der Waals surface area contributed by atoms with Crippen LogP contribution in [0.3, 0.4) is 0 Å². The molecule has 3 N–H and O–H groups in total. The first-order valence-electron chi connectivity index (χ1n) is 24.5. The number of hydrogen-bond donors (Lipinski definition) is 3. The summed E-state index contributed by atoms with van der Waals surface area (Å²) in [4.78, 5) is 23.1. The van der Waals surface area contributed by atoms with Crippen LogP contribution in [0.2, 0.25) is 0 Å². The number of amides is 1. The fourth-order valence-corrected chi connectivity index (χ4v) is 7.28. The number of unbranched alkanes of at least 4 members (excludes halogenated alkanes) is 18. The van der Waals surface area contributed by atoms with Crippen LogP contribution in [0.1, 0.15) is 187 Å². The number of carbonyl (C=O) groups is 1. The van der Waals surface area contributed by atoms with Crippen molar-refractivity contribution in [1.82, 2.24) is 5.32 Å². The molecule has 0 bridgehead atoms. The fraction of sp³-hybridized carbons (Fsp3) is 0.712. The van der Waals surface area contributed by atoms with Gasteiger partial charge >= 0.3 is 7.82 Å². The van der Waals surface area contributed by atoms with Gasteiger partial charge in [0.25, 0.3) is 0 Å². The molecule has 0 fully saturated rings. The van der Waals surface area contributed by atoms with E-state index in [-0.39, 0.29) is 19.1 Å². The van der Waals surface area contributed by atoms with Gasteiger partial charge in [0.15, 0.2) is 0 Å². The second-order valence-corrected chi connectivity index (χ2v) is 18.9. The number of phosphoric ester groups is 1. The Hall–Kier alpha value is -2.32. The molecule has 0 saturated heterocycles. The van der Waals surface area contributed by atoms with E-state index in [2.05, 4.69) is 92.1 Å².